The van der Waals surface area contributed by atoms with Crippen LogP contribution in [-0.4, -0.2) is 23.1 Å². The monoisotopic (exact) mass is 192 g/mol. The van der Waals surface area contributed by atoms with Crippen LogP contribution in [0.4, 0.5) is 0 Å². The number of hydrogen-bond acceptors (Lipinski definition) is 3. The molecule has 2 rings (SSSR count). The Morgan fingerprint density at radius 3 is 2.86 bits per heavy atom. The maximum Gasteiger partial charge on any atom is 0.253 e. The van der Waals surface area contributed by atoms with Crippen molar-refractivity contribution < 1.29 is 4.79 Å². The molecular formula is C8H8N4O2. The van der Waals surface area contributed by atoms with Gasteiger partial charge in [-0.25, -0.2) is 0 Å². The zero-order valence-electron chi connectivity index (χ0n) is 7.28. The van der Waals surface area contributed by atoms with E-state index in [2.05, 4.69) is 20.7 Å². The molecule has 1 aliphatic heterocycles. The number of aromatic amines is 1. The molecule has 2 N–H and O–H groups in total. The van der Waals surface area contributed by atoms with Gasteiger partial charge in [-0.3, -0.25) is 4.79 Å². The lowest BCUT2D eigenvalue weighted by Gasteiger charge is -1.95. The van der Waals surface area contributed by atoms with E-state index in [4.69, 9.17) is 0 Å². The number of H-pyrrole nitrogens is 1. The van der Waals surface area contributed by atoms with Gasteiger partial charge in [0, 0.05) is 30.9 Å². The van der Waals surface area contributed by atoms with Crippen molar-refractivity contribution >= 4 is 11.6 Å². The highest BCUT2D eigenvalue weighted by Gasteiger charge is 2.20. The summed E-state index contributed by atoms with van der Waals surface area (Å²) < 4.78 is 0. The minimum atomic E-state index is -0.155. The van der Waals surface area contributed by atoms with Crippen LogP contribution in [0, 0.1) is 4.91 Å². The van der Waals surface area contributed by atoms with Crippen molar-refractivity contribution in [1.82, 2.24) is 10.3 Å². The molecule has 6 heteroatoms. The molecule has 2 heterocycles. The summed E-state index contributed by atoms with van der Waals surface area (Å²) in [7, 11) is 0. The average Bonchev–Trinajstić information content (AvgIpc) is 2.60. The minimum absolute atomic E-state index is 0.155. The Balaban J connectivity index is 2.51. The fourth-order valence-corrected chi connectivity index (χ4v) is 1.47. The van der Waals surface area contributed by atoms with Crippen LogP contribution in [0.3, 0.4) is 0 Å². The fraction of sp³-hybridized carbons (Fsp3) is 0.250. The summed E-state index contributed by atoms with van der Waals surface area (Å²) in [6, 6.07) is 0. The Kier molecular flexibility index (Phi) is 2.10. The third kappa shape index (κ3) is 1.30. The Hall–Kier alpha value is -1.98. The van der Waals surface area contributed by atoms with Gasteiger partial charge in [-0.2, -0.15) is 0 Å². The van der Waals surface area contributed by atoms with Gasteiger partial charge in [-0.05, 0) is 0 Å². The highest BCUT2D eigenvalue weighted by atomic mass is 16.3. The first kappa shape index (κ1) is 8.61. The van der Waals surface area contributed by atoms with E-state index in [0.717, 1.165) is 0 Å². The van der Waals surface area contributed by atoms with Crippen molar-refractivity contribution in [3.8, 4) is 0 Å². The second-order valence-corrected chi connectivity index (χ2v) is 2.92. The van der Waals surface area contributed by atoms with E-state index in [1.54, 1.807) is 12.4 Å². The van der Waals surface area contributed by atoms with Gasteiger partial charge in [0.15, 0.2) is 0 Å². The second kappa shape index (κ2) is 3.41. The second-order valence-electron chi connectivity index (χ2n) is 2.92. The number of nitrogens with one attached hydrogen (secondary N) is 2. The molecule has 0 aliphatic carbocycles. The van der Waals surface area contributed by atoms with Gasteiger partial charge in [0.2, 0.25) is 0 Å². The van der Waals surface area contributed by atoms with Crippen LogP contribution in [0.5, 0.6) is 0 Å². The molecule has 6 nitrogen and oxygen atoms in total. The molecule has 0 atom stereocenters. The maximum atomic E-state index is 11.4. The van der Waals surface area contributed by atoms with E-state index < -0.39 is 0 Å². The zero-order valence-corrected chi connectivity index (χ0v) is 7.28. The molecule has 0 saturated heterocycles. The van der Waals surface area contributed by atoms with Crippen molar-refractivity contribution in [2.45, 2.75) is 6.42 Å². The minimum Gasteiger partial charge on any atom is -0.366 e. The van der Waals surface area contributed by atoms with Crippen LogP contribution in [0.1, 0.15) is 22.3 Å². The summed E-state index contributed by atoms with van der Waals surface area (Å²) in [4.78, 5) is 24.3. The summed E-state index contributed by atoms with van der Waals surface area (Å²) in [5, 5.41) is 8.65. The summed E-state index contributed by atoms with van der Waals surface area (Å²) >= 11 is 0. The molecule has 1 aromatic heterocycles. The van der Waals surface area contributed by atoms with Gasteiger partial charge in [-0.1, -0.05) is 0 Å². The maximum absolute atomic E-state index is 11.4. The van der Waals surface area contributed by atoms with Crippen molar-refractivity contribution in [2.24, 2.45) is 10.4 Å². The van der Waals surface area contributed by atoms with Crippen LogP contribution >= 0.6 is 0 Å². The van der Waals surface area contributed by atoms with Crippen LogP contribution in [0.2, 0.25) is 0 Å². The molecule has 0 saturated carbocycles. The lowest BCUT2D eigenvalue weighted by molar-refractivity contribution is 0.0956. The third-order valence-electron chi connectivity index (χ3n) is 2.11. The number of hydrogen-bond donors (Lipinski definition) is 2. The first-order valence-corrected chi connectivity index (χ1v) is 4.17. The van der Waals surface area contributed by atoms with Gasteiger partial charge in [0.1, 0.15) is 0 Å². The van der Waals surface area contributed by atoms with E-state index in [1.807, 2.05) is 0 Å². The average molecular weight is 192 g/mol. The largest absolute Gasteiger partial charge is 0.366 e. The van der Waals surface area contributed by atoms with Gasteiger partial charge in [0.25, 0.3) is 5.91 Å². The molecule has 1 aromatic rings. The van der Waals surface area contributed by atoms with Gasteiger partial charge in [-0.15, -0.1) is 10.0 Å². The van der Waals surface area contributed by atoms with E-state index in [-0.39, 0.29) is 5.91 Å². The predicted octanol–water partition coefficient (Wildman–Crippen LogP) is 0.619. The van der Waals surface area contributed by atoms with Crippen molar-refractivity contribution in [1.29, 1.82) is 0 Å². The molecule has 0 bridgehead atoms. The summed E-state index contributed by atoms with van der Waals surface area (Å²) in [5.41, 5.74) is 1.69. The Morgan fingerprint density at radius 2 is 2.07 bits per heavy atom. The number of rotatable bonds is 1. The van der Waals surface area contributed by atoms with Crippen molar-refractivity contribution in [2.75, 3.05) is 6.54 Å². The molecule has 0 radical (unpaired) electrons. The molecule has 0 aromatic carbocycles. The van der Waals surface area contributed by atoms with Crippen molar-refractivity contribution in [3.05, 3.63) is 28.4 Å². The van der Waals surface area contributed by atoms with Gasteiger partial charge < -0.3 is 10.3 Å². The summed E-state index contributed by atoms with van der Waals surface area (Å²) in [6.45, 7) is 0.474. The highest BCUT2D eigenvalue weighted by molar-refractivity contribution is 6.11. The normalized spacial score (nSPS) is 18.6. The number of nitroso groups, excluding NO2 is 1. The number of nitrogens with zero attached hydrogens (tertiary/aromatic N) is 2. The van der Waals surface area contributed by atoms with E-state index in [9.17, 15) is 9.70 Å². The van der Waals surface area contributed by atoms with Crippen LogP contribution in [-0.2, 0) is 0 Å². The van der Waals surface area contributed by atoms with E-state index in [1.165, 1.54) is 0 Å². The molecule has 1 aliphatic rings. The van der Waals surface area contributed by atoms with Crippen LogP contribution in [0.25, 0.3) is 0 Å². The van der Waals surface area contributed by atoms with Crippen LogP contribution < -0.4 is 5.32 Å². The number of aromatic nitrogens is 1. The Morgan fingerprint density at radius 1 is 1.29 bits per heavy atom. The smallest absolute Gasteiger partial charge is 0.253 e. The molecule has 14 heavy (non-hydrogen) atoms. The molecule has 0 spiro atoms. The van der Waals surface area contributed by atoms with Crippen molar-refractivity contribution in [3.63, 3.8) is 0 Å². The molecule has 1 amide bonds. The van der Waals surface area contributed by atoms with E-state index in [0.29, 0.717) is 29.8 Å². The molecular weight excluding hydrogens is 184 g/mol. The highest BCUT2D eigenvalue weighted by Crippen LogP contribution is 2.14. The predicted molar refractivity (Wildman–Crippen MR) is 50.1 cm³/mol. The first-order chi connectivity index (χ1) is 6.83. The third-order valence-corrected chi connectivity index (χ3v) is 2.11. The number of fused-ring (bicyclic) bond motifs is 1. The van der Waals surface area contributed by atoms with E-state index >= 15 is 0 Å². The molecule has 0 unspecified atom stereocenters. The Labute approximate surface area is 79.4 Å². The number of carbonyl (C=O) groups excluding carboxylic acids is 1. The van der Waals surface area contributed by atoms with Gasteiger partial charge >= 0.3 is 0 Å². The fourth-order valence-electron chi connectivity index (χ4n) is 1.47. The topological polar surface area (TPSA) is 86.7 Å². The summed E-state index contributed by atoms with van der Waals surface area (Å²) in [5.74, 6) is -0.155. The first-order valence-electron chi connectivity index (χ1n) is 4.17. The molecule has 0 fully saturated rings. The molecule has 72 valence electrons. The quantitative estimate of drug-likeness (QED) is 0.504. The summed E-state index contributed by atoms with van der Waals surface area (Å²) in [6.07, 6.45) is 3.74. The lowest BCUT2D eigenvalue weighted by atomic mass is 10.1. The lowest BCUT2D eigenvalue weighted by Crippen LogP contribution is -2.22. The van der Waals surface area contributed by atoms with Crippen LogP contribution in [0.15, 0.2) is 22.8 Å². The zero-order chi connectivity index (χ0) is 9.97. The number of amides is 1. The van der Waals surface area contributed by atoms with Gasteiger partial charge in [0.05, 0.1) is 16.6 Å². The SMILES string of the molecule is O=N/N=C1\CCNC(=O)c2c[nH]cc21. The standard InChI is InChI=1S/C8H8N4O2/c13-8-6-4-9-3-5(6)7(11-12-14)1-2-10-8/h3-4,9H,1-2H2,(H,10,13)/b11-7+. The number of carbonyl (C=O) groups is 1. The Bertz CT molecular complexity index is 407.